The predicted octanol–water partition coefficient (Wildman–Crippen LogP) is 1.85. The Kier molecular flexibility index (Phi) is 2.66. The molecule has 1 aliphatic rings. The fourth-order valence-electron chi connectivity index (χ4n) is 2.24. The third kappa shape index (κ3) is 1.82. The normalized spacial score (nSPS) is 20.2. The highest BCUT2D eigenvalue weighted by molar-refractivity contribution is 9.10. The molecule has 2 amide bonds. The molecule has 2 N–H and O–H groups in total. The van der Waals surface area contributed by atoms with Crippen LogP contribution in [0.25, 0.3) is 10.9 Å². The maximum Gasteiger partial charge on any atom is 0.234 e. The number of aromatic nitrogens is 2. The molecule has 1 saturated heterocycles. The SMILES string of the molecule is O=C1CCC(c2cc(Br)c3cn[nH]c3c2)C(=O)N1. The number of benzene rings is 1. The van der Waals surface area contributed by atoms with Crippen molar-refractivity contribution in [2.45, 2.75) is 18.8 Å². The summed E-state index contributed by atoms with van der Waals surface area (Å²) in [5.74, 6) is -0.693. The van der Waals surface area contributed by atoms with Gasteiger partial charge in [-0.05, 0) is 24.1 Å². The molecule has 1 fully saturated rings. The second kappa shape index (κ2) is 4.20. The number of aromatic amines is 1. The maximum atomic E-state index is 11.8. The summed E-state index contributed by atoms with van der Waals surface area (Å²) in [5.41, 5.74) is 1.77. The van der Waals surface area contributed by atoms with Crippen molar-refractivity contribution < 1.29 is 9.59 Å². The third-order valence-corrected chi connectivity index (χ3v) is 3.83. The summed E-state index contributed by atoms with van der Waals surface area (Å²) in [4.78, 5) is 22.9. The van der Waals surface area contributed by atoms with Gasteiger partial charge in [0, 0.05) is 16.3 Å². The first-order valence-electron chi connectivity index (χ1n) is 5.61. The van der Waals surface area contributed by atoms with E-state index in [0.717, 1.165) is 20.9 Å². The Morgan fingerprint density at radius 2 is 2.17 bits per heavy atom. The Morgan fingerprint density at radius 3 is 2.94 bits per heavy atom. The molecule has 0 aliphatic carbocycles. The lowest BCUT2D eigenvalue weighted by Crippen LogP contribution is -2.39. The van der Waals surface area contributed by atoms with Crippen LogP contribution in [0.4, 0.5) is 0 Å². The first-order chi connectivity index (χ1) is 8.65. The monoisotopic (exact) mass is 307 g/mol. The number of carbonyl (C=O) groups is 2. The maximum absolute atomic E-state index is 11.8. The molecule has 0 bridgehead atoms. The minimum atomic E-state index is -0.272. The number of imide groups is 1. The van der Waals surface area contributed by atoms with Crippen molar-refractivity contribution in [1.82, 2.24) is 15.5 Å². The molecule has 2 aromatic rings. The average Bonchev–Trinajstić information content (AvgIpc) is 2.77. The van der Waals surface area contributed by atoms with E-state index in [0.29, 0.717) is 12.8 Å². The summed E-state index contributed by atoms with van der Waals surface area (Å²) in [6, 6.07) is 3.82. The Hall–Kier alpha value is -1.69. The van der Waals surface area contributed by atoms with Gasteiger partial charge in [0.15, 0.2) is 0 Å². The molecule has 6 heteroatoms. The van der Waals surface area contributed by atoms with Crippen LogP contribution >= 0.6 is 15.9 Å². The molecule has 1 aromatic heterocycles. The van der Waals surface area contributed by atoms with Crippen LogP contribution in [0.1, 0.15) is 24.3 Å². The number of fused-ring (bicyclic) bond motifs is 1. The highest BCUT2D eigenvalue weighted by Gasteiger charge is 2.28. The standard InChI is InChI=1S/C12H10BrN3O2/c13-9-3-6(4-10-8(9)5-14-16-10)7-1-2-11(17)15-12(7)18/h3-5,7H,1-2H2,(H,14,16)(H,15,17,18). The lowest BCUT2D eigenvalue weighted by Gasteiger charge is -2.21. The van der Waals surface area contributed by atoms with Gasteiger partial charge >= 0.3 is 0 Å². The number of hydrogen-bond donors (Lipinski definition) is 2. The summed E-state index contributed by atoms with van der Waals surface area (Å²) in [6.07, 6.45) is 2.67. The van der Waals surface area contributed by atoms with Crippen LogP contribution in [0.2, 0.25) is 0 Å². The number of rotatable bonds is 1. The molecule has 0 spiro atoms. The lowest BCUT2D eigenvalue weighted by atomic mass is 9.90. The number of H-pyrrole nitrogens is 1. The lowest BCUT2D eigenvalue weighted by molar-refractivity contribution is -0.134. The Morgan fingerprint density at radius 1 is 1.33 bits per heavy atom. The van der Waals surface area contributed by atoms with Crippen LogP contribution in [-0.4, -0.2) is 22.0 Å². The zero-order valence-electron chi connectivity index (χ0n) is 9.37. The summed E-state index contributed by atoms with van der Waals surface area (Å²) < 4.78 is 0.897. The molecule has 18 heavy (non-hydrogen) atoms. The summed E-state index contributed by atoms with van der Waals surface area (Å²) in [7, 11) is 0. The third-order valence-electron chi connectivity index (χ3n) is 3.17. The van der Waals surface area contributed by atoms with E-state index in [1.807, 2.05) is 12.1 Å². The fourth-order valence-corrected chi connectivity index (χ4v) is 2.82. The molecular weight excluding hydrogens is 298 g/mol. The second-order valence-electron chi connectivity index (χ2n) is 4.34. The van der Waals surface area contributed by atoms with E-state index < -0.39 is 0 Å². The molecule has 2 heterocycles. The number of piperidine rings is 1. The van der Waals surface area contributed by atoms with Gasteiger partial charge in [-0.1, -0.05) is 15.9 Å². The number of amides is 2. The van der Waals surface area contributed by atoms with Gasteiger partial charge in [0.25, 0.3) is 0 Å². The molecule has 3 rings (SSSR count). The van der Waals surface area contributed by atoms with Gasteiger partial charge in [-0.25, -0.2) is 0 Å². The van der Waals surface area contributed by atoms with Crippen LogP contribution in [0.3, 0.4) is 0 Å². The molecule has 1 unspecified atom stereocenters. The molecule has 5 nitrogen and oxygen atoms in total. The van der Waals surface area contributed by atoms with Crippen LogP contribution in [0.5, 0.6) is 0 Å². The number of hydrogen-bond acceptors (Lipinski definition) is 3. The largest absolute Gasteiger partial charge is 0.296 e. The number of carbonyl (C=O) groups excluding carboxylic acids is 2. The molecule has 1 aliphatic heterocycles. The highest BCUT2D eigenvalue weighted by Crippen LogP contribution is 2.31. The Balaban J connectivity index is 2.03. The summed E-state index contributed by atoms with van der Waals surface area (Å²) in [6.45, 7) is 0. The van der Waals surface area contributed by atoms with E-state index in [4.69, 9.17) is 0 Å². The van der Waals surface area contributed by atoms with Crippen LogP contribution in [0, 0.1) is 0 Å². The van der Waals surface area contributed by atoms with Gasteiger partial charge in [-0.15, -0.1) is 0 Å². The quantitative estimate of drug-likeness (QED) is 0.790. The van der Waals surface area contributed by atoms with Crippen molar-refractivity contribution in [3.05, 3.63) is 28.4 Å². The first kappa shape index (κ1) is 11.4. The minimum Gasteiger partial charge on any atom is -0.296 e. The van der Waals surface area contributed by atoms with Gasteiger partial charge in [0.2, 0.25) is 11.8 Å². The van der Waals surface area contributed by atoms with Crippen LogP contribution in [0.15, 0.2) is 22.8 Å². The van der Waals surface area contributed by atoms with E-state index >= 15 is 0 Å². The molecule has 0 saturated carbocycles. The minimum absolute atomic E-state index is 0.196. The van der Waals surface area contributed by atoms with E-state index in [2.05, 4.69) is 31.4 Å². The first-order valence-corrected chi connectivity index (χ1v) is 6.40. The van der Waals surface area contributed by atoms with Gasteiger partial charge in [-0.3, -0.25) is 20.0 Å². The van der Waals surface area contributed by atoms with Crippen LogP contribution < -0.4 is 5.32 Å². The van der Waals surface area contributed by atoms with Gasteiger partial charge < -0.3 is 0 Å². The van der Waals surface area contributed by atoms with Crippen LogP contribution in [-0.2, 0) is 9.59 Å². The number of nitrogens with zero attached hydrogens (tertiary/aromatic N) is 1. The molecule has 0 radical (unpaired) electrons. The second-order valence-corrected chi connectivity index (χ2v) is 5.19. The molecule has 92 valence electrons. The molecule has 1 aromatic carbocycles. The van der Waals surface area contributed by atoms with Crippen molar-refractivity contribution in [2.75, 3.05) is 0 Å². The fraction of sp³-hybridized carbons (Fsp3) is 0.250. The van der Waals surface area contributed by atoms with Crippen molar-refractivity contribution in [3.63, 3.8) is 0 Å². The smallest absolute Gasteiger partial charge is 0.234 e. The number of halogens is 1. The topological polar surface area (TPSA) is 74.8 Å². The van der Waals surface area contributed by atoms with E-state index in [1.54, 1.807) is 6.20 Å². The van der Waals surface area contributed by atoms with E-state index in [9.17, 15) is 9.59 Å². The Bertz CT molecular complexity index is 650. The van der Waals surface area contributed by atoms with Gasteiger partial charge in [0.1, 0.15) is 0 Å². The molecular formula is C12H10BrN3O2. The zero-order chi connectivity index (χ0) is 12.7. The van der Waals surface area contributed by atoms with Crippen molar-refractivity contribution in [3.8, 4) is 0 Å². The predicted molar refractivity (Wildman–Crippen MR) is 68.9 cm³/mol. The van der Waals surface area contributed by atoms with Crippen molar-refractivity contribution in [1.29, 1.82) is 0 Å². The summed E-state index contributed by atoms with van der Waals surface area (Å²) >= 11 is 3.47. The summed E-state index contributed by atoms with van der Waals surface area (Å²) in [5, 5.41) is 10.2. The van der Waals surface area contributed by atoms with Crippen molar-refractivity contribution >= 4 is 38.6 Å². The average molecular weight is 308 g/mol. The van der Waals surface area contributed by atoms with E-state index in [1.165, 1.54) is 0 Å². The Labute approximate surface area is 111 Å². The zero-order valence-corrected chi connectivity index (χ0v) is 11.0. The highest BCUT2D eigenvalue weighted by atomic mass is 79.9. The number of nitrogens with one attached hydrogen (secondary N) is 2. The van der Waals surface area contributed by atoms with E-state index in [-0.39, 0.29) is 17.7 Å². The van der Waals surface area contributed by atoms with Gasteiger partial charge in [-0.2, -0.15) is 5.10 Å². The molecule has 1 atom stereocenters. The van der Waals surface area contributed by atoms with Gasteiger partial charge in [0.05, 0.1) is 17.6 Å². The van der Waals surface area contributed by atoms with Crippen molar-refractivity contribution in [2.24, 2.45) is 0 Å².